The molecule has 1 aromatic heterocycles. The molecule has 0 amide bonds. The molecule has 1 unspecified atom stereocenters. The number of hydrogen-bond acceptors (Lipinski definition) is 6. The molecule has 0 radical (unpaired) electrons. The van der Waals surface area contributed by atoms with E-state index in [9.17, 15) is 0 Å². The van der Waals surface area contributed by atoms with Gasteiger partial charge in [-0.2, -0.15) is 0 Å². The molecule has 92 valence electrons. The van der Waals surface area contributed by atoms with E-state index in [-0.39, 0.29) is 5.84 Å². The predicted molar refractivity (Wildman–Crippen MR) is 62.2 cm³/mol. The lowest BCUT2D eigenvalue weighted by atomic mass is 10.2. The second-order valence-corrected chi connectivity index (χ2v) is 3.87. The number of likely N-dealkylation sites (N-methyl/N-ethyl adjacent to an activating group) is 1. The van der Waals surface area contributed by atoms with Crippen LogP contribution in [0.3, 0.4) is 0 Å². The molecule has 0 aliphatic carbocycles. The molecule has 0 saturated carbocycles. The topological polar surface area (TPSA) is 96.9 Å². The second-order valence-electron chi connectivity index (χ2n) is 3.87. The Bertz CT molecular complexity index is 400. The second kappa shape index (κ2) is 4.96. The van der Waals surface area contributed by atoms with E-state index >= 15 is 0 Å². The van der Waals surface area contributed by atoms with Crippen molar-refractivity contribution in [3.05, 3.63) is 18.1 Å². The van der Waals surface area contributed by atoms with Gasteiger partial charge in [0.2, 0.25) is 0 Å². The van der Waals surface area contributed by atoms with Gasteiger partial charge in [-0.25, -0.2) is 9.97 Å². The molecule has 7 nitrogen and oxygen atoms in total. The fourth-order valence-electron chi connectivity index (χ4n) is 1.70. The van der Waals surface area contributed by atoms with Gasteiger partial charge in [0, 0.05) is 13.7 Å². The Hall–Kier alpha value is -1.89. The van der Waals surface area contributed by atoms with Crippen molar-refractivity contribution in [1.29, 1.82) is 0 Å². The first kappa shape index (κ1) is 11.6. The molecule has 1 fully saturated rings. The summed E-state index contributed by atoms with van der Waals surface area (Å²) in [6, 6.07) is 0.332. The Balaban J connectivity index is 2.11. The average molecular weight is 237 g/mol. The molecule has 1 aliphatic heterocycles. The van der Waals surface area contributed by atoms with E-state index in [1.165, 1.54) is 6.20 Å². The Morgan fingerprint density at radius 3 is 2.94 bits per heavy atom. The van der Waals surface area contributed by atoms with E-state index in [0.717, 1.165) is 18.8 Å². The standard InChI is InChI=1S/C10H15N5O2/c1-15(7-2-3-17-6-7)9-5-12-8(4-13-9)10(11)14-16/h4-5,7,16H,2-3,6H2,1H3,(H2,11,14). The Kier molecular flexibility index (Phi) is 3.38. The van der Waals surface area contributed by atoms with Crippen LogP contribution in [-0.4, -0.2) is 47.3 Å². The van der Waals surface area contributed by atoms with Gasteiger partial charge in [0.25, 0.3) is 0 Å². The van der Waals surface area contributed by atoms with Crippen LogP contribution < -0.4 is 10.6 Å². The summed E-state index contributed by atoms with van der Waals surface area (Å²) in [6.07, 6.45) is 4.07. The summed E-state index contributed by atoms with van der Waals surface area (Å²) < 4.78 is 5.32. The number of ether oxygens (including phenoxy) is 1. The van der Waals surface area contributed by atoms with Crippen molar-refractivity contribution in [2.45, 2.75) is 12.5 Å². The smallest absolute Gasteiger partial charge is 0.190 e. The van der Waals surface area contributed by atoms with E-state index in [1.54, 1.807) is 6.20 Å². The summed E-state index contributed by atoms with van der Waals surface area (Å²) in [5, 5.41) is 11.4. The van der Waals surface area contributed by atoms with Crippen LogP contribution in [0.2, 0.25) is 0 Å². The number of amidine groups is 1. The Labute approximate surface area is 98.9 Å². The molecule has 0 spiro atoms. The Morgan fingerprint density at radius 1 is 1.59 bits per heavy atom. The zero-order chi connectivity index (χ0) is 12.3. The van der Waals surface area contributed by atoms with Crippen molar-refractivity contribution >= 4 is 11.7 Å². The van der Waals surface area contributed by atoms with E-state index in [1.807, 2.05) is 11.9 Å². The molecule has 1 aromatic rings. The first-order valence-electron chi connectivity index (χ1n) is 5.33. The van der Waals surface area contributed by atoms with Crippen LogP contribution in [0.25, 0.3) is 0 Å². The van der Waals surface area contributed by atoms with Gasteiger partial charge in [-0.1, -0.05) is 5.16 Å². The van der Waals surface area contributed by atoms with Crippen LogP contribution in [-0.2, 0) is 4.74 Å². The van der Waals surface area contributed by atoms with Crippen LogP contribution in [0, 0.1) is 0 Å². The number of nitrogens with two attached hydrogens (primary N) is 1. The van der Waals surface area contributed by atoms with Crippen molar-refractivity contribution in [3.8, 4) is 0 Å². The van der Waals surface area contributed by atoms with E-state index < -0.39 is 0 Å². The van der Waals surface area contributed by atoms with Crippen LogP contribution in [0.5, 0.6) is 0 Å². The fraction of sp³-hybridized carbons (Fsp3) is 0.500. The van der Waals surface area contributed by atoms with Crippen LogP contribution >= 0.6 is 0 Å². The molecule has 1 aliphatic rings. The van der Waals surface area contributed by atoms with Crippen molar-refractivity contribution in [3.63, 3.8) is 0 Å². The minimum atomic E-state index is -0.0455. The lowest BCUT2D eigenvalue weighted by Crippen LogP contribution is -2.32. The molecule has 17 heavy (non-hydrogen) atoms. The third-order valence-corrected chi connectivity index (χ3v) is 2.82. The number of aromatic nitrogens is 2. The summed E-state index contributed by atoms with van der Waals surface area (Å²) in [7, 11) is 1.95. The lowest BCUT2D eigenvalue weighted by molar-refractivity contribution is 0.193. The maximum Gasteiger partial charge on any atom is 0.190 e. The maximum absolute atomic E-state index is 8.51. The van der Waals surface area contributed by atoms with Crippen molar-refractivity contribution < 1.29 is 9.94 Å². The van der Waals surface area contributed by atoms with Gasteiger partial charge in [0.05, 0.1) is 25.0 Å². The summed E-state index contributed by atoms with van der Waals surface area (Å²) in [5.41, 5.74) is 5.76. The van der Waals surface area contributed by atoms with Crippen LogP contribution in [0.4, 0.5) is 5.82 Å². The van der Waals surface area contributed by atoms with Gasteiger partial charge < -0.3 is 20.6 Å². The highest BCUT2D eigenvalue weighted by atomic mass is 16.5. The molecule has 2 rings (SSSR count). The lowest BCUT2D eigenvalue weighted by Gasteiger charge is -2.23. The summed E-state index contributed by atoms with van der Waals surface area (Å²) in [4.78, 5) is 10.3. The minimum absolute atomic E-state index is 0.0455. The minimum Gasteiger partial charge on any atom is -0.409 e. The van der Waals surface area contributed by atoms with Gasteiger partial charge in [-0.3, -0.25) is 0 Å². The largest absolute Gasteiger partial charge is 0.409 e. The summed E-state index contributed by atoms with van der Waals surface area (Å²) in [5.74, 6) is 0.700. The van der Waals surface area contributed by atoms with Gasteiger partial charge in [0.1, 0.15) is 11.5 Å². The molecular weight excluding hydrogens is 222 g/mol. The Morgan fingerprint density at radius 2 is 2.41 bits per heavy atom. The molecule has 1 saturated heterocycles. The highest BCUT2D eigenvalue weighted by Crippen LogP contribution is 2.16. The summed E-state index contributed by atoms with van der Waals surface area (Å²) in [6.45, 7) is 1.49. The molecule has 1 atom stereocenters. The average Bonchev–Trinajstić information content (AvgIpc) is 2.91. The number of hydrogen-bond donors (Lipinski definition) is 2. The zero-order valence-electron chi connectivity index (χ0n) is 9.58. The highest BCUT2D eigenvalue weighted by molar-refractivity contribution is 5.94. The van der Waals surface area contributed by atoms with Crippen molar-refractivity contribution in [2.24, 2.45) is 10.9 Å². The van der Waals surface area contributed by atoms with Crippen molar-refractivity contribution in [1.82, 2.24) is 9.97 Å². The number of oxime groups is 1. The van der Waals surface area contributed by atoms with Crippen LogP contribution in [0.15, 0.2) is 17.5 Å². The van der Waals surface area contributed by atoms with E-state index in [4.69, 9.17) is 15.7 Å². The van der Waals surface area contributed by atoms with Gasteiger partial charge in [-0.15, -0.1) is 0 Å². The number of rotatable bonds is 3. The molecule has 7 heteroatoms. The fourth-order valence-corrected chi connectivity index (χ4v) is 1.70. The van der Waals surface area contributed by atoms with Crippen LogP contribution in [0.1, 0.15) is 12.1 Å². The maximum atomic E-state index is 8.51. The first-order valence-corrected chi connectivity index (χ1v) is 5.33. The molecule has 2 heterocycles. The van der Waals surface area contributed by atoms with E-state index in [0.29, 0.717) is 18.3 Å². The number of nitrogens with zero attached hydrogens (tertiary/aromatic N) is 4. The van der Waals surface area contributed by atoms with Gasteiger partial charge in [0.15, 0.2) is 5.84 Å². The molecular formula is C10H15N5O2. The normalized spacial score (nSPS) is 20.5. The summed E-state index contributed by atoms with van der Waals surface area (Å²) >= 11 is 0. The monoisotopic (exact) mass is 237 g/mol. The highest BCUT2D eigenvalue weighted by Gasteiger charge is 2.21. The SMILES string of the molecule is CN(c1cnc(C(N)=NO)cn1)C1CCOC1. The molecule has 0 aromatic carbocycles. The first-order chi connectivity index (χ1) is 8.22. The third-order valence-electron chi connectivity index (χ3n) is 2.82. The van der Waals surface area contributed by atoms with E-state index in [2.05, 4.69) is 15.1 Å². The van der Waals surface area contributed by atoms with Gasteiger partial charge >= 0.3 is 0 Å². The molecule has 3 N–H and O–H groups in total. The van der Waals surface area contributed by atoms with Gasteiger partial charge in [-0.05, 0) is 6.42 Å². The molecule has 0 bridgehead atoms. The third kappa shape index (κ3) is 2.44. The zero-order valence-corrected chi connectivity index (χ0v) is 9.58. The van der Waals surface area contributed by atoms with Crippen molar-refractivity contribution in [2.75, 3.05) is 25.2 Å². The quantitative estimate of drug-likeness (QED) is 0.327. The predicted octanol–water partition coefficient (Wildman–Crippen LogP) is -0.204. The number of anilines is 1.